The molecule has 1 aliphatic rings. The Morgan fingerprint density at radius 2 is 1.91 bits per heavy atom. The number of benzene rings is 2. The van der Waals surface area contributed by atoms with Crippen molar-refractivity contribution in [3.05, 3.63) is 48.0 Å². The van der Waals surface area contributed by atoms with E-state index >= 15 is 0 Å². The SMILES string of the molecule is CS(=O)(=O)CCNC(=O)[C@@H]1C[C@@H]1c1cccc2ccccc12. The molecule has 5 heteroatoms. The van der Waals surface area contributed by atoms with E-state index in [4.69, 9.17) is 0 Å². The smallest absolute Gasteiger partial charge is 0.223 e. The van der Waals surface area contributed by atoms with Gasteiger partial charge in [0, 0.05) is 18.7 Å². The highest BCUT2D eigenvalue weighted by molar-refractivity contribution is 7.90. The van der Waals surface area contributed by atoms with Crippen LogP contribution in [0.5, 0.6) is 0 Å². The number of hydrogen-bond acceptors (Lipinski definition) is 3. The lowest BCUT2D eigenvalue weighted by molar-refractivity contribution is -0.122. The fraction of sp³-hybridized carbons (Fsp3) is 0.353. The van der Waals surface area contributed by atoms with Gasteiger partial charge in [-0.1, -0.05) is 42.5 Å². The van der Waals surface area contributed by atoms with Crippen LogP contribution in [-0.4, -0.2) is 32.9 Å². The molecule has 1 fully saturated rings. The lowest BCUT2D eigenvalue weighted by Crippen LogP contribution is -2.30. The maximum Gasteiger partial charge on any atom is 0.223 e. The normalized spacial score (nSPS) is 20.8. The third-order valence-electron chi connectivity index (χ3n) is 4.12. The first-order valence-corrected chi connectivity index (χ1v) is 9.45. The predicted molar refractivity (Wildman–Crippen MR) is 87.5 cm³/mol. The van der Waals surface area contributed by atoms with Crippen LogP contribution in [0.15, 0.2) is 42.5 Å². The van der Waals surface area contributed by atoms with Gasteiger partial charge in [0.1, 0.15) is 9.84 Å². The molecule has 1 aliphatic carbocycles. The van der Waals surface area contributed by atoms with Gasteiger partial charge in [-0.2, -0.15) is 0 Å². The van der Waals surface area contributed by atoms with E-state index < -0.39 is 9.84 Å². The molecule has 0 bridgehead atoms. The fourth-order valence-corrected chi connectivity index (χ4v) is 3.37. The molecule has 3 rings (SSSR count). The first-order chi connectivity index (χ1) is 10.5. The molecule has 116 valence electrons. The molecule has 0 aromatic heterocycles. The first-order valence-electron chi connectivity index (χ1n) is 7.39. The Morgan fingerprint density at radius 3 is 2.68 bits per heavy atom. The van der Waals surface area contributed by atoms with Crippen molar-refractivity contribution >= 4 is 26.5 Å². The molecule has 2 atom stereocenters. The van der Waals surface area contributed by atoms with Gasteiger partial charge in [0.25, 0.3) is 0 Å². The monoisotopic (exact) mass is 317 g/mol. The molecular formula is C17H19NO3S. The molecule has 4 nitrogen and oxygen atoms in total. The van der Waals surface area contributed by atoms with E-state index in [0.717, 1.165) is 6.42 Å². The molecule has 0 heterocycles. The number of sulfone groups is 1. The summed E-state index contributed by atoms with van der Waals surface area (Å²) in [6, 6.07) is 14.3. The van der Waals surface area contributed by atoms with Crippen LogP contribution in [0.2, 0.25) is 0 Å². The van der Waals surface area contributed by atoms with Crippen LogP contribution >= 0.6 is 0 Å². The van der Waals surface area contributed by atoms with Crippen LogP contribution in [0.1, 0.15) is 17.9 Å². The molecule has 0 spiro atoms. The van der Waals surface area contributed by atoms with E-state index in [9.17, 15) is 13.2 Å². The Labute approximate surface area is 130 Å². The maximum absolute atomic E-state index is 12.1. The molecule has 2 aromatic rings. The minimum Gasteiger partial charge on any atom is -0.355 e. The van der Waals surface area contributed by atoms with E-state index in [2.05, 4.69) is 29.6 Å². The van der Waals surface area contributed by atoms with Gasteiger partial charge in [-0.15, -0.1) is 0 Å². The Kier molecular flexibility index (Phi) is 3.91. The third kappa shape index (κ3) is 3.30. The fourth-order valence-electron chi connectivity index (χ4n) is 2.89. The Balaban J connectivity index is 1.67. The maximum atomic E-state index is 12.1. The summed E-state index contributed by atoms with van der Waals surface area (Å²) in [6.45, 7) is 0.191. The van der Waals surface area contributed by atoms with Gasteiger partial charge in [0.05, 0.1) is 5.75 Å². The summed E-state index contributed by atoms with van der Waals surface area (Å²) >= 11 is 0. The van der Waals surface area contributed by atoms with E-state index in [1.54, 1.807) is 0 Å². The van der Waals surface area contributed by atoms with E-state index in [1.165, 1.54) is 22.6 Å². The first kappa shape index (κ1) is 15.0. The molecule has 2 aromatic carbocycles. The van der Waals surface area contributed by atoms with Crippen molar-refractivity contribution in [1.29, 1.82) is 0 Å². The van der Waals surface area contributed by atoms with Gasteiger partial charge in [-0.05, 0) is 28.7 Å². The average molecular weight is 317 g/mol. The predicted octanol–water partition coefficient (Wildman–Crippen LogP) is 2.10. The van der Waals surface area contributed by atoms with Crippen molar-refractivity contribution < 1.29 is 13.2 Å². The number of carbonyl (C=O) groups is 1. The molecule has 0 aliphatic heterocycles. The number of amides is 1. The van der Waals surface area contributed by atoms with Gasteiger partial charge in [-0.3, -0.25) is 4.79 Å². The summed E-state index contributed by atoms with van der Waals surface area (Å²) < 4.78 is 22.2. The van der Waals surface area contributed by atoms with Crippen LogP contribution in [0.25, 0.3) is 10.8 Å². The van der Waals surface area contributed by atoms with Gasteiger partial charge in [0.2, 0.25) is 5.91 Å². The van der Waals surface area contributed by atoms with Crippen molar-refractivity contribution in [2.45, 2.75) is 12.3 Å². The molecule has 0 unspecified atom stereocenters. The lowest BCUT2D eigenvalue weighted by Gasteiger charge is -2.07. The number of hydrogen-bond donors (Lipinski definition) is 1. The molecular weight excluding hydrogens is 298 g/mol. The number of rotatable bonds is 5. The molecule has 1 N–H and O–H groups in total. The molecule has 1 amide bonds. The van der Waals surface area contributed by atoms with Crippen molar-refractivity contribution in [2.75, 3.05) is 18.6 Å². The minimum atomic E-state index is -3.03. The Morgan fingerprint density at radius 1 is 1.18 bits per heavy atom. The Hall–Kier alpha value is -1.88. The van der Waals surface area contributed by atoms with Crippen LogP contribution in [-0.2, 0) is 14.6 Å². The Bertz CT molecular complexity index is 808. The van der Waals surface area contributed by atoms with Crippen molar-refractivity contribution in [3.8, 4) is 0 Å². The van der Waals surface area contributed by atoms with Crippen LogP contribution in [0.4, 0.5) is 0 Å². The molecule has 1 saturated carbocycles. The topological polar surface area (TPSA) is 63.2 Å². The number of carbonyl (C=O) groups excluding carboxylic acids is 1. The van der Waals surface area contributed by atoms with Crippen molar-refractivity contribution in [2.24, 2.45) is 5.92 Å². The van der Waals surface area contributed by atoms with Gasteiger partial charge in [-0.25, -0.2) is 8.42 Å². The summed E-state index contributed by atoms with van der Waals surface area (Å²) in [6.07, 6.45) is 2.01. The van der Waals surface area contributed by atoms with Crippen LogP contribution in [0.3, 0.4) is 0 Å². The van der Waals surface area contributed by atoms with Crippen LogP contribution in [0, 0.1) is 5.92 Å². The number of fused-ring (bicyclic) bond motifs is 1. The van der Waals surface area contributed by atoms with E-state index in [0.29, 0.717) is 0 Å². The average Bonchev–Trinajstić information content (AvgIpc) is 3.25. The summed E-state index contributed by atoms with van der Waals surface area (Å²) in [4.78, 5) is 12.1. The summed E-state index contributed by atoms with van der Waals surface area (Å²) in [7, 11) is -3.03. The summed E-state index contributed by atoms with van der Waals surface area (Å²) in [5, 5.41) is 5.11. The minimum absolute atomic E-state index is 0.00953. The van der Waals surface area contributed by atoms with E-state index in [1.807, 2.05) is 18.2 Å². The highest BCUT2D eigenvalue weighted by Crippen LogP contribution is 2.49. The van der Waals surface area contributed by atoms with Crippen molar-refractivity contribution in [3.63, 3.8) is 0 Å². The second-order valence-electron chi connectivity index (χ2n) is 5.94. The zero-order valence-electron chi connectivity index (χ0n) is 12.5. The molecule has 0 radical (unpaired) electrons. The van der Waals surface area contributed by atoms with E-state index in [-0.39, 0.29) is 30.0 Å². The highest BCUT2D eigenvalue weighted by atomic mass is 32.2. The second kappa shape index (κ2) is 5.72. The van der Waals surface area contributed by atoms with Gasteiger partial charge >= 0.3 is 0 Å². The van der Waals surface area contributed by atoms with Gasteiger partial charge < -0.3 is 5.32 Å². The summed E-state index contributed by atoms with van der Waals surface area (Å²) in [5.74, 6) is 0.154. The zero-order chi connectivity index (χ0) is 15.7. The lowest BCUT2D eigenvalue weighted by atomic mass is 10.00. The quantitative estimate of drug-likeness (QED) is 0.918. The zero-order valence-corrected chi connectivity index (χ0v) is 13.3. The third-order valence-corrected chi connectivity index (χ3v) is 5.07. The number of nitrogens with one attached hydrogen (secondary N) is 1. The molecule has 0 saturated heterocycles. The summed E-state index contributed by atoms with van der Waals surface area (Å²) in [5.41, 5.74) is 1.21. The second-order valence-corrected chi connectivity index (χ2v) is 8.20. The van der Waals surface area contributed by atoms with Crippen LogP contribution < -0.4 is 5.32 Å². The van der Waals surface area contributed by atoms with Gasteiger partial charge in [0.15, 0.2) is 0 Å². The molecule has 22 heavy (non-hydrogen) atoms. The standard InChI is InChI=1S/C17H19NO3S/c1-22(20,21)10-9-18-17(19)16-11-15(16)14-8-4-6-12-5-2-3-7-13(12)14/h2-8,15-16H,9-11H2,1H3,(H,18,19)/t15-,16-/m1/s1. The van der Waals surface area contributed by atoms with Crippen molar-refractivity contribution in [1.82, 2.24) is 5.32 Å². The largest absolute Gasteiger partial charge is 0.355 e. The highest BCUT2D eigenvalue weighted by Gasteiger charge is 2.44.